The minimum atomic E-state index is -0.328. The van der Waals surface area contributed by atoms with Gasteiger partial charge in [0.2, 0.25) is 0 Å². The molecule has 0 saturated heterocycles. The molecule has 0 saturated carbocycles. The highest BCUT2D eigenvalue weighted by Crippen LogP contribution is 2.25. The van der Waals surface area contributed by atoms with E-state index in [1.807, 2.05) is 0 Å². The molecule has 0 atom stereocenters. The average molecular weight is 316 g/mol. The number of H-pyrrole nitrogens is 1. The topological polar surface area (TPSA) is 83.8 Å². The molecule has 17 heavy (non-hydrogen) atoms. The van der Waals surface area contributed by atoms with Crippen LogP contribution in [0.3, 0.4) is 0 Å². The summed E-state index contributed by atoms with van der Waals surface area (Å²) in [5.41, 5.74) is 6.46. The molecular weight excluding hydrogens is 307 g/mol. The van der Waals surface area contributed by atoms with Gasteiger partial charge in [-0.15, -0.1) is 0 Å². The lowest BCUT2D eigenvalue weighted by Gasteiger charge is -2.05. The quantitative estimate of drug-likeness (QED) is 0.796. The van der Waals surface area contributed by atoms with Crippen LogP contribution in [0.2, 0.25) is 5.02 Å². The Balaban J connectivity index is 2.19. The first-order valence-corrected chi connectivity index (χ1v) is 5.80. The van der Waals surface area contributed by atoms with Gasteiger partial charge >= 0.3 is 0 Å². The molecule has 2 aromatic rings. The number of aromatic nitrogens is 2. The lowest BCUT2D eigenvalue weighted by Crippen LogP contribution is -2.12. The Morgan fingerprint density at radius 2 is 2.29 bits per heavy atom. The number of anilines is 2. The number of hydrogen-bond acceptors (Lipinski definition) is 3. The third-order valence-corrected chi connectivity index (χ3v) is 3.30. The van der Waals surface area contributed by atoms with Crippen molar-refractivity contribution in [3.05, 3.63) is 39.5 Å². The lowest BCUT2D eigenvalue weighted by atomic mass is 10.2. The number of aromatic amines is 1. The fourth-order valence-corrected chi connectivity index (χ4v) is 1.75. The number of nitrogens with zero attached hydrogens (tertiary/aromatic N) is 1. The number of carbonyl (C=O) groups excluding carboxylic acids is 1. The number of nitrogen functional groups attached to an aromatic ring is 1. The maximum atomic E-state index is 11.8. The molecule has 0 aliphatic heterocycles. The summed E-state index contributed by atoms with van der Waals surface area (Å²) < 4.78 is 0.706. The van der Waals surface area contributed by atoms with E-state index in [-0.39, 0.29) is 11.7 Å². The second kappa shape index (κ2) is 4.77. The van der Waals surface area contributed by atoms with Crippen LogP contribution in [0.15, 0.2) is 28.9 Å². The molecule has 1 aromatic carbocycles. The number of nitrogens with one attached hydrogen (secondary N) is 2. The molecule has 0 unspecified atom stereocenters. The fraction of sp³-hybridized carbons (Fsp3) is 0. The number of rotatable bonds is 2. The maximum Gasteiger partial charge on any atom is 0.261 e. The summed E-state index contributed by atoms with van der Waals surface area (Å²) in [7, 11) is 0. The molecule has 0 fully saturated rings. The van der Waals surface area contributed by atoms with Crippen LogP contribution in [0.4, 0.5) is 11.5 Å². The summed E-state index contributed by atoms with van der Waals surface area (Å²) in [4.78, 5) is 11.8. The highest BCUT2D eigenvalue weighted by Gasteiger charge is 2.12. The number of nitrogens with two attached hydrogens (primary N) is 1. The van der Waals surface area contributed by atoms with E-state index in [1.54, 1.807) is 18.2 Å². The average Bonchev–Trinajstić information content (AvgIpc) is 2.70. The van der Waals surface area contributed by atoms with E-state index in [0.717, 1.165) is 0 Å². The van der Waals surface area contributed by atoms with Gasteiger partial charge in [0.1, 0.15) is 11.4 Å². The van der Waals surface area contributed by atoms with Crippen molar-refractivity contribution < 1.29 is 4.79 Å². The van der Waals surface area contributed by atoms with Gasteiger partial charge in [-0.2, -0.15) is 5.10 Å². The van der Waals surface area contributed by atoms with Gasteiger partial charge in [-0.1, -0.05) is 11.6 Å². The highest BCUT2D eigenvalue weighted by atomic mass is 79.9. The molecule has 1 aromatic heterocycles. The van der Waals surface area contributed by atoms with Crippen molar-refractivity contribution in [3.63, 3.8) is 0 Å². The van der Waals surface area contributed by atoms with Crippen molar-refractivity contribution in [3.8, 4) is 0 Å². The Kier molecular flexibility index (Phi) is 3.35. The van der Waals surface area contributed by atoms with E-state index in [0.29, 0.717) is 20.7 Å². The zero-order valence-corrected chi connectivity index (χ0v) is 10.8. The molecule has 4 N–H and O–H groups in total. The summed E-state index contributed by atoms with van der Waals surface area (Å²) in [6, 6.07) is 5.08. The summed E-state index contributed by atoms with van der Waals surface area (Å²) in [6.45, 7) is 0. The highest BCUT2D eigenvalue weighted by molar-refractivity contribution is 9.10. The maximum absolute atomic E-state index is 11.8. The van der Waals surface area contributed by atoms with Crippen molar-refractivity contribution in [2.45, 2.75) is 0 Å². The van der Waals surface area contributed by atoms with E-state index >= 15 is 0 Å². The van der Waals surface area contributed by atoms with Crippen LogP contribution in [-0.4, -0.2) is 16.1 Å². The van der Waals surface area contributed by atoms with Crippen LogP contribution in [0, 0.1) is 0 Å². The Morgan fingerprint density at radius 3 is 2.88 bits per heavy atom. The minimum absolute atomic E-state index is 0.232. The van der Waals surface area contributed by atoms with Gasteiger partial charge in [-0.3, -0.25) is 9.89 Å². The summed E-state index contributed by atoms with van der Waals surface area (Å²) >= 11 is 9.12. The summed E-state index contributed by atoms with van der Waals surface area (Å²) in [6.07, 6.45) is 1.37. The molecule has 0 aliphatic carbocycles. The third kappa shape index (κ3) is 2.59. The number of halogens is 2. The van der Waals surface area contributed by atoms with Crippen molar-refractivity contribution in [1.29, 1.82) is 0 Å². The monoisotopic (exact) mass is 314 g/mol. The van der Waals surface area contributed by atoms with E-state index in [1.165, 1.54) is 6.20 Å². The number of amides is 1. The smallest absolute Gasteiger partial charge is 0.261 e. The minimum Gasteiger partial charge on any atom is -0.383 e. The van der Waals surface area contributed by atoms with Crippen molar-refractivity contribution >= 4 is 44.9 Å². The van der Waals surface area contributed by atoms with Crippen LogP contribution < -0.4 is 11.1 Å². The molecule has 0 radical (unpaired) electrons. The van der Waals surface area contributed by atoms with Crippen molar-refractivity contribution in [2.24, 2.45) is 0 Å². The molecule has 88 valence electrons. The van der Waals surface area contributed by atoms with Gasteiger partial charge in [-0.05, 0) is 34.1 Å². The Bertz CT molecular complexity index is 569. The van der Waals surface area contributed by atoms with Gasteiger partial charge in [0, 0.05) is 10.2 Å². The molecule has 0 bridgehead atoms. The third-order valence-electron chi connectivity index (χ3n) is 2.09. The Hall–Kier alpha value is -1.53. The van der Waals surface area contributed by atoms with E-state index in [4.69, 9.17) is 17.3 Å². The molecule has 2 rings (SSSR count). The summed E-state index contributed by atoms with van der Waals surface area (Å²) in [5.74, 6) is -0.0963. The number of carbonyl (C=O) groups is 1. The second-order valence-corrected chi connectivity index (χ2v) is 4.54. The van der Waals surface area contributed by atoms with Crippen LogP contribution in [0.5, 0.6) is 0 Å². The Morgan fingerprint density at radius 1 is 1.53 bits per heavy atom. The van der Waals surface area contributed by atoms with E-state index in [2.05, 4.69) is 31.4 Å². The zero-order valence-electron chi connectivity index (χ0n) is 8.50. The van der Waals surface area contributed by atoms with Crippen molar-refractivity contribution in [1.82, 2.24) is 10.2 Å². The van der Waals surface area contributed by atoms with Gasteiger partial charge in [0.25, 0.3) is 5.91 Å². The van der Waals surface area contributed by atoms with Crippen molar-refractivity contribution in [2.75, 3.05) is 11.1 Å². The first-order chi connectivity index (χ1) is 8.08. The molecule has 1 amide bonds. The van der Waals surface area contributed by atoms with Crippen LogP contribution >= 0.6 is 27.5 Å². The second-order valence-electron chi connectivity index (χ2n) is 3.28. The number of hydrogen-bond donors (Lipinski definition) is 3. The molecule has 0 spiro atoms. The van der Waals surface area contributed by atoms with Gasteiger partial charge in [0.15, 0.2) is 0 Å². The first-order valence-electron chi connectivity index (χ1n) is 4.63. The molecule has 5 nitrogen and oxygen atoms in total. The Labute approximate surface area is 110 Å². The normalized spacial score (nSPS) is 10.2. The predicted molar refractivity (Wildman–Crippen MR) is 70.1 cm³/mol. The van der Waals surface area contributed by atoms with Gasteiger partial charge in [-0.25, -0.2) is 0 Å². The standard InChI is InChI=1S/C10H8BrClN4O/c11-7-3-5(1-2-8(7)12)15-10(17)6-4-14-16-9(6)13/h1-4H,(H,15,17)(H3,13,14,16). The molecular formula is C10H8BrClN4O. The molecule has 1 heterocycles. The van der Waals surface area contributed by atoms with Crippen LogP contribution in [0.1, 0.15) is 10.4 Å². The van der Waals surface area contributed by atoms with Crippen LogP contribution in [0.25, 0.3) is 0 Å². The largest absolute Gasteiger partial charge is 0.383 e. The van der Waals surface area contributed by atoms with Crippen LogP contribution in [-0.2, 0) is 0 Å². The predicted octanol–water partition coefficient (Wildman–Crippen LogP) is 2.66. The SMILES string of the molecule is Nc1[nH]ncc1C(=O)Nc1ccc(Cl)c(Br)c1. The van der Waals surface area contributed by atoms with Gasteiger partial charge in [0.05, 0.1) is 11.2 Å². The zero-order chi connectivity index (χ0) is 12.4. The van der Waals surface area contributed by atoms with Gasteiger partial charge < -0.3 is 11.1 Å². The van der Waals surface area contributed by atoms with E-state index in [9.17, 15) is 4.79 Å². The summed E-state index contributed by atoms with van der Waals surface area (Å²) in [5, 5.41) is 9.43. The first kappa shape index (κ1) is 11.9. The molecule has 7 heteroatoms. The molecule has 0 aliphatic rings. The fourth-order valence-electron chi connectivity index (χ4n) is 1.25. The lowest BCUT2D eigenvalue weighted by molar-refractivity contribution is 0.102. The van der Waals surface area contributed by atoms with E-state index < -0.39 is 0 Å². The number of benzene rings is 1.